The Bertz CT molecular complexity index is 373. The summed E-state index contributed by atoms with van der Waals surface area (Å²) >= 11 is 0. The molecule has 2 aliphatic rings. The molecule has 1 unspecified atom stereocenters. The van der Waals surface area contributed by atoms with Gasteiger partial charge in [-0.15, -0.1) is 0 Å². The lowest BCUT2D eigenvalue weighted by Crippen LogP contribution is -2.47. The third kappa shape index (κ3) is 1.39. The Hall–Kier alpha value is -1.18. The van der Waals surface area contributed by atoms with Crippen molar-refractivity contribution in [2.24, 2.45) is 0 Å². The smallest absolute Gasteiger partial charge is 0.0634 e. The van der Waals surface area contributed by atoms with Crippen LogP contribution in [0.5, 0.6) is 0 Å². The Balaban J connectivity index is 2.05. The Morgan fingerprint density at radius 1 is 1.33 bits per heavy atom. The van der Waals surface area contributed by atoms with E-state index in [0.29, 0.717) is 0 Å². The maximum absolute atomic E-state index is 3.56. The highest BCUT2D eigenvalue weighted by atomic mass is 15.2. The molecule has 0 amide bonds. The van der Waals surface area contributed by atoms with Gasteiger partial charge in [0.1, 0.15) is 0 Å². The molecule has 0 aliphatic carbocycles. The standard InChI is InChI=1S/C13H18N2/c1-10-5-4-7-12-13(10)15-8-3-2-6-11(15)9-14-12/h4-5,7,11,14H,2-3,6,8-9H2,1H3. The predicted molar refractivity (Wildman–Crippen MR) is 64.7 cm³/mol. The van der Waals surface area contributed by atoms with Crippen molar-refractivity contribution in [3.63, 3.8) is 0 Å². The number of piperidine rings is 1. The van der Waals surface area contributed by atoms with Gasteiger partial charge in [0.2, 0.25) is 0 Å². The zero-order valence-corrected chi connectivity index (χ0v) is 9.29. The number of fused-ring (bicyclic) bond motifs is 3. The molecule has 3 rings (SSSR count). The fourth-order valence-electron chi connectivity index (χ4n) is 2.92. The molecule has 1 fully saturated rings. The monoisotopic (exact) mass is 202 g/mol. The first-order chi connectivity index (χ1) is 7.36. The van der Waals surface area contributed by atoms with Crippen LogP contribution in [0, 0.1) is 6.92 Å². The molecular formula is C13H18N2. The van der Waals surface area contributed by atoms with E-state index in [1.807, 2.05) is 0 Å². The van der Waals surface area contributed by atoms with Gasteiger partial charge in [-0.1, -0.05) is 12.1 Å². The van der Waals surface area contributed by atoms with E-state index >= 15 is 0 Å². The first-order valence-electron chi connectivity index (χ1n) is 5.96. The number of nitrogens with one attached hydrogen (secondary N) is 1. The summed E-state index contributed by atoms with van der Waals surface area (Å²) < 4.78 is 0. The van der Waals surface area contributed by atoms with Crippen LogP contribution in [-0.2, 0) is 0 Å². The van der Waals surface area contributed by atoms with Crippen molar-refractivity contribution in [2.45, 2.75) is 32.2 Å². The number of aryl methyl sites for hydroxylation is 1. The fourth-order valence-corrected chi connectivity index (χ4v) is 2.92. The predicted octanol–water partition coefficient (Wildman–Crippen LogP) is 2.78. The zero-order valence-electron chi connectivity index (χ0n) is 9.29. The normalized spacial score (nSPS) is 24.1. The van der Waals surface area contributed by atoms with Crippen LogP contribution in [0.25, 0.3) is 0 Å². The van der Waals surface area contributed by atoms with Crippen LogP contribution in [0.15, 0.2) is 18.2 Å². The minimum absolute atomic E-state index is 0.729. The average molecular weight is 202 g/mol. The molecule has 2 nitrogen and oxygen atoms in total. The van der Waals surface area contributed by atoms with Gasteiger partial charge < -0.3 is 10.2 Å². The summed E-state index contributed by atoms with van der Waals surface area (Å²) in [5.74, 6) is 0. The number of rotatable bonds is 0. The molecule has 1 N–H and O–H groups in total. The molecule has 1 aromatic rings. The summed E-state index contributed by atoms with van der Waals surface area (Å²) in [6.45, 7) is 4.58. The molecule has 0 bridgehead atoms. The SMILES string of the molecule is Cc1cccc2c1N1CCCCC1CN2. The van der Waals surface area contributed by atoms with Crippen molar-refractivity contribution in [1.82, 2.24) is 0 Å². The van der Waals surface area contributed by atoms with E-state index in [1.54, 1.807) is 0 Å². The van der Waals surface area contributed by atoms with Gasteiger partial charge in [0.05, 0.1) is 11.4 Å². The third-order valence-electron chi connectivity index (χ3n) is 3.68. The van der Waals surface area contributed by atoms with E-state index in [2.05, 4.69) is 35.3 Å². The molecule has 0 radical (unpaired) electrons. The Morgan fingerprint density at radius 2 is 2.27 bits per heavy atom. The summed E-state index contributed by atoms with van der Waals surface area (Å²) in [6, 6.07) is 7.29. The Kier molecular flexibility index (Phi) is 2.08. The van der Waals surface area contributed by atoms with Gasteiger partial charge in [-0.3, -0.25) is 0 Å². The van der Waals surface area contributed by atoms with Crippen molar-refractivity contribution < 1.29 is 0 Å². The number of hydrogen-bond acceptors (Lipinski definition) is 2. The summed E-state index contributed by atoms with van der Waals surface area (Å²) in [5.41, 5.74) is 4.19. The van der Waals surface area contributed by atoms with Crippen molar-refractivity contribution in [3.8, 4) is 0 Å². The molecule has 1 atom stereocenters. The van der Waals surface area contributed by atoms with Gasteiger partial charge in [-0.25, -0.2) is 0 Å². The highest BCUT2D eigenvalue weighted by molar-refractivity contribution is 5.76. The van der Waals surface area contributed by atoms with E-state index in [-0.39, 0.29) is 0 Å². The van der Waals surface area contributed by atoms with Gasteiger partial charge in [-0.05, 0) is 37.8 Å². The maximum Gasteiger partial charge on any atom is 0.0634 e. The minimum atomic E-state index is 0.729. The first-order valence-corrected chi connectivity index (χ1v) is 5.96. The van der Waals surface area contributed by atoms with Crippen molar-refractivity contribution >= 4 is 11.4 Å². The minimum Gasteiger partial charge on any atom is -0.381 e. The quantitative estimate of drug-likeness (QED) is 0.696. The van der Waals surface area contributed by atoms with E-state index in [9.17, 15) is 0 Å². The second kappa shape index (κ2) is 3.44. The molecule has 0 aromatic heterocycles. The van der Waals surface area contributed by atoms with Crippen LogP contribution in [0.4, 0.5) is 11.4 Å². The maximum atomic E-state index is 3.56. The van der Waals surface area contributed by atoms with Crippen LogP contribution in [0.1, 0.15) is 24.8 Å². The number of benzene rings is 1. The van der Waals surface area contributed by atoms with E-state index in [0.717, 1.165) is 12.6 Å². The lowest BCUT2D eigenvalue weighted by molar-refractivity contribution is 0.465. The summed E-state index contributed by atoms with van der Waals surface area (Å²) in [4.78, 5) is 2.62. The van der Waals surface area contributed by atoms with Gasteiger partial charge in [0, 0.05) is 19.1 Å². The molecule has 2 heteroatoms. The topological polar surface area (TPSA) is 15.3 Å². The van der Waals surface area contributed by atoms with Gasteiger partial charge in [-0.2, -0.15) is 0 Å². The molecule has 0 saturated carbocycles. The molecule has 1 saturated heterocycles. The largest absolute Gasteiger partial charge is 0.381 e. The van der Waals surface area contributed by atoms with E-state index in [1.165, 1.54) is 42.7 Å². The molecular weight excluding hydrogens is 184 g/mol. The van der Waals surface area contributed by atoms with Crippen LogP contribution in [0.2, 0.25) is 0 Å². The summed E-state index contributed by atoms with van der Waals surface area (Å²) in [5, 5.41) is 3.56. The Morgan fingerprint density at radius 3 is 3.20 bits per heavy atom. The fraction of sp³-hybridized carbons (Fsp3) is 0.538. The number of para-hydroxylation sites is 1. The molecule has 2 aliphatic heterocycles. The van der Waals surface area contributed by atoms with Crippen molar-refractivity contribution in [3.05, 3.63) is 23.8 Å². The second-order valence-electron chi connectivity index (χ2n) is 4.69. The number of anilines is 2. The Labute approximate surface area is 91.3 Å². The lowest BCUT2D eigenvalue weighted by atomic mass is 9.96. The van der Waals surface area contributed by atoms with Crippen LogP contribution in [-0.4, -0.2) is 19.1 Å². The summed E-state index contributed by atoms with van der Waals surface area (Å²) in [6.07, 6.45) is 4.09. The molecule has 80 valence electrons. The molecule has 15 heavy (non-hydrogen) atoms. The highest BCUT2D eigenvalue weighted by Crippen LogP contribution is 2.37. The number of nitrogens with zero attached hydrogens (tertiary/aromatic N) is 1. The zero-order chi connectivity index (χ0) is 10.3. The van der Waals surface area contributed by atoms with Gasteiger partial charge >= 0.3 is 0 Å². The second-order valence-corrected chi connectivity index (χ2v) is 4.69. The molecule has 1 aromatic carbocycles. The number of hydrogen-bond donors (Lipinski definition) is 1. The van der Waals surface area contributed by atoms with Gasteiger partial charge in [0.15, 0.2) is 0 Å². The van der Waals surface area contributed by atoms with Gasteiger partial charge in [0.25, 0.3) is 0 Å². The highest BCUT2D eigenvalue weighted by Gasteiger charge is 2.28. The average Bonchev–Trinajstić information content (AvgIpc) is 2.29. The molecule has 0 spiro atoms. The van der Waals surface area contributed by atoms with Crippen LogP contribution in [0.3, 0.4) is 0 Å². The van der Waals surface area contributed by atoms with Crippen molar-refractivity contribution in [2.75, 3.05) is 23.3 Å². The van der Waals surface area contributed by atoms with E-state index < -0.39 is 0 Å². The van der Waals surface area contributed by atoms with E-state index in [4.69, 9.17) is 0 Å². The summed E-state index contributed by atoms with van der Waals surface area (Å²) in [7, 11) is 0. The first kappa shape index (κ1) is 9.08. The third-order valence-corrected chi connectivity index (χ3v) is 3.68. The van der Waals surface area contributed by atoms with Crippen LogP contribution < -0.4 is 10.2 Å². The lowest BCUT2D eigenvalue weighted by Gasteiger charge is -2.43. The van der Waals surface area contributed by atoms with Crippen molar-refractivity contribution in [1.29, 1.82) is 0 Å². The van der Waals surface area contributed by atoms with Crippen LogP contribution >= 0.6 is 0 Å². The molecule has 2 heterocycles.